The molecule has 1 N–H and O–H groups in total. The van der Waals surface area contributed by atoms with E-state index >= 15 is 0 Å². The van der Waals surface area contributed by atoms with Gasteiger partial charge < -0.3 is 14.5 Å². The average molecular weight is 468 g/mol. The Balaban J connectivity index is 1.49. The number of benzene rings is 1. The number of fused-ring (bicyclic) bond motifs is 3. The molecule has 10 nitrogen and oxygen atoms in total. The van der Waals surface area contributed by atoms with Gasteiger partial charge in [-0.1, -0.05) is 6.07 Å². The quantitative estimate of drug-likeness (QED) is 0.671. The van der Waals surface area contributed by atoms with E-state index in [1.165, 1.54) is 4.57 Å². The summed E-state index contributed by atoms with van der Waals surface area (Å²) in [4.78, 5) is 59.0. The second-order valence-corrected chi connectivity index (χ2v) is 10.3. The van der Waals surface area contributed by atoms with E-state index in [0.717, 1.165) is 12.1 Å². The molecule has 0 spiro atoms. The van der Waals surface area contributed by atoms with Crippen LogP contribution in [0.2, 0.25) is 0 Å². The second-order valence-electron chi connectivity index (χ2n) is 10.3. The van der Waals surface area contributed by atoms with E-state index < -0.39 is 17.6 Å². The van der Waals surface area contributed by atoms with Crippen LogP contribution in [0.5, 0.6) is 0 Å². The minimum Gasteiger partial charge on any atom is -0.444 e. The zero-order valence-corrected chi connectivity index (χ0v) is 19.8. The number of rotatable bonds is 2. The van der Waals surface area contributed by atoms with Gasteiger partial charge in [0.2, 0.25) is 11.8 Å². The molecule has 3 unspecified atom stereocenters. The number of aryl methyl sites for hydroxylation is 1. The molecule has 2 bridgehead atoms. The summed E-state index contributed by atoms with van der Waals surface area (Å²) in [6.07, 6.45) is 1.05. The molecule has 3 atom stereocenters. The van der Waals surface area contributed by atoms with Crippen LogP contribution >= 0.6 is 0 Å². The summed E-state index contributed by atoms with van der Waals surface area (Å²) in [5, 5.41) is 2.79. The molecule has 34 heavy (non-hydrogen) atoms. The average Bonchev–Trinajstić information content (AvgIpc) is 2.74. The summed E-state index contributed by atoms with van der Waals surface area (Å²) < 4.78 is 6.95. The molecule has 0 saturated carbocycles. The van der Waals surface area contributed by atoms with Gasteiger partial charge in [-0.25, -0.2) is 9.78 Å². The van der Waals surface area contributed by atoms with Crippen molar-refractivity contribution in [2.45, 2.75) is 70.7 Å². The van der Waals surface area contributed by atoms with Crippen LogP contribution in [0.15, 0.2) is 23.0 Å². The number of hydrogen-bond donors (Lipinski definition) is 1. The molecule has 3 amide bonds. The van der Waals surface area contributed by atoms with Crippen LogP contribution in [0.3, 0.4) is 0 Å². The molecule has 1 aromatic carbocycles. The van der Waals surface area contributed by atoms with Gasteiger partial charge in [0.15, 0.2) is 0 Å². The van der Waals surface area contributed by atoms with Gasteiger partial charge in [-0.05, 0) is 52.7 Å². The van der Waals surface area contributed by atoms with E-state index in [1.54, 1.807) is 17.9 Å². The third-order valence-electron chi connectivity index (χ3n) is 6.73. The Morgan fingerprint density at radius 2 is 1.85 bits per heavy atom. The molecule has 3 aliphatic rings. The minimum absolute atomic E-state index is 0.0709. The summed E-state index contributed by atoms with van der Waals surface area (Å²) in [5.74, 6) is -0.373. The molecule has 10 heteroatoms. The fourth-order valence-electron chi connectivity index (χ4n) is 5.33. The Labute approximate surface area is 196 Å². The molecule has 1 aromatic heterocycles. The molecule has 180 valence electrons. The first kappa shape index (κ1) is 22.4. The number of imide groups is 1. The highest BCUT2D eigenvalue weighted by atomic mass is 16.6. The number of anilines is 1. The van der Waals surface area contributed by atoms with Crippen molar-refractivity contribution >= 4 is 34.5 Å². The van der Waals surface area contributed by atoms with Crippen molar-refractivity contribution in [2.75, 3.05) is 18.0 Å². The third-order valence-corrected chi connectivity index (χ3v) is 6.73. The molecule has 0 radical (unpaired) electrons. The Hall–Kier alpha value is -3.43. The van der Waals surface area contributed by atoms with Gasteiger partial charge >= 0.3 is 6.09 Å². The number of piperidine rings is 2. The van der Waals surface area contributed by atoms with E-state index in [2.05, 4.69) is 15.2 Å². The van der Waals surface area contributed by atoms with E-state index in [-0.39, 0.29) is 42.5 Å². The van der Waals surface area contributed by atoms with Gasteiger partial charge in [-0.3, -0.25) is 24.3 Å². The minimum atomic E-state index is -0.770. The number of amides is 3. The molecular weight excluding hydrogens is 438 g/mol. The second kappa shape index (κ2) is 7.82. The Morgan fingerprint density at radius 1 is 1.15 bits per heavy atom. The molecular formula is C24H29N5O5. The van der Waals surface area contributed by atoms with E-state index in [0.29, 0.717) is 29.8 Å². The maximum Gasteiger partial charge on any atom is 0.410 e. The predicted octanol–water partition coefficient (Wildman–Crippen LogP) is 1.88. The number of hydrogen-bond acceptors (Lipinski definition) is 7. The van der Waals surface area contributed by atoms with Crippen LogP contribution in [0.25, 0.3) is 10.9 Å². The number of aromatic nitrogens is 2. The molecule has 2 aromatic rings. The first-order chi connectivity index (χ1) is 16.0. The van der Waals surface area contributed by atoms with E-state index in [4.69, 9.17) is 4.74 Å². The molecule has 4 heterocycles. The summed E-state index contributed by atoms with van der Waals surface area (Å²) in [7, 11) is 0. The lowest BCUT2D eigenvalue weighted by Crippen LogP contribution is -2.70. The molecule has 5 rings (SSSR count). The number of carbonyl (C=O) groups is 3. The van der Waals surface area contributed by atoms with Gasteiger partial charge in [0.05, 0.1) is 16.6 Å². The molecule has 3 saturated heterocycles. The highest BCUT2D eigenvalue weighted by Gasteiger charge is 2.47. The van der Waals surface area contributed by atoms with Crippen LogP contribution in [0, 0.1) is 6.92 Å². The lowest BCUT2D eigenvalue weighted by atomic mass is 9.86. The van der Waals surface area contributed by atoms with Crippen molar-refractivity contribution in [2.24, 2.45) is 0 Å². The van der Waals surface area contributed by atoms with Crippen molar-refractivity contribution in [3.05, 3.63) is 34.4 Å². The Morgan fingerprint density at radius 3 is 2.50 bits per heavy atom. The van der Waals surface area contributed by atoms with Crippen LogP contribution in [-0.4, -0.2) is 63.1 Å². The van der Waals surface area contributed by atoms with Gasteiger partial charge in [-0.15, -0.1) is 0 Å². The molecule has 3 aliphatic heterocycles. The molecule has 3 fully saturated rings. The maximum absolute atomic E-state index is 13.7. The summed E-state index contributed by atoms with van der Waals surface area (Å²) in [6.45, 7) is 8.28. The molecule has 0 aliphatic carbocycles. The third kappa shape index (κ3) is 3.70. The number of likely N-dealkylation sites (tertiary alicyclic amines) is 1. The first-order valence-electron chi connectivity index (χ1n) is 11.7. The van der Waals surface area contributed by atoms with Gasteiger partial charge in [0, 0.05) is 31.6 Å². The normalized spacial score (nSPS) is 24.6. The highest BCUT2D eigenvalue weighted by molar-refractivity contribution is 6.00. The number of nitrogens with zero attached hydrogens (tertiary/aromatic N) is 4. The SMILES string of the molecule is Cc1nc2cccc(N3C4CC3CN(C(=O)OC(C)(C)C)C4)c2c(=O)n1C1CCC(=O)NC1=O. The van der Waals surface area contributed by atoms with Crippen LogP contribution in [-0.2, 0) is 14.3 Å². The zero-order valence-electron chi connectivity index (χ0n) is 19.8. The first-order valence-corrected chi connectivity index (χ1v) is 11.7. The van der Waals surface area contributed by atoms with Crippen molar-refractivity contribution in [1.29, 1.82) is 0 Å². The van der Waals surface area contributed by atoms with E-state index in [9.17, 15) is 19.2 Å². The number of piperazine rings is 1. The smallest absolute Gasteiger partial charge is 0.410 e. The summed E-state index contributed by atoms with van der Waals surface area (Å²) in [5.41, 5.74) is 0.485. The van der Waals surface area contributed by atoms with Crippen molar-refractivity contribution < 1.29 is 19.1 Å². The highest BCUT2D eigenvalue weighted by Crippen LogP contribution is 2.40. The number of nitrogens with one attached hydrogen (secondary N) is 1. The monoisotopic (exact) mass is 467 g/mol. The van der Waals surface area contributed by atoms with Crippen LogP contribution in [0.1, 0.15) is 51.9 Å². The van der Waals surface area contributed by atoms with Crippen molar-refractivity contribution in [3.63, 3.8) is 0 Å². The topological polar surface area (TPSA) is 114 Å². The number of ether oxygens (including phenoxy) is 1. The largest absolute Gasteiger partial charge is 0.444 e. The number of carbonyl (C=O) groups excluding carboxylic acids is 3. The predicted molar refractivity (Wildman–Crippen MR) is 125 cm³/mol. The fourth-order valence-corrected chi connectivity index (χ4v) is 5.33. The van der Waals surface area contributed by atoms with E-state index in [1.807, 2.05) is 32.9 Å². The van der Waals surface area contributed by atoms with Crippen molar-refractivity contribution in [3.8, 4) is 0 Å². The van der Waals surface area contributed by atoms with Crippen LogP contribution < -0.4 is 15.8 Å². The maximum atomic E-state index is 13.7. The van der Waals surface area contributed by atoms with Crippen molar-refractivity contribution in [1.82, 2.24) is 19.8 Å². The van der Waals surface area contributed by atoms with Gasteiger partial charge in [0.25, 0.3) is 5.56 Å². The van der Waals surface area contributed by atoms with Gasteiger partial charge in [-0.2, -0.15) is 0 Å². The fraction of sp³-hybridized carbons (Fsp3) is 0.542. The van der Waals surface area contributed by atoms with Gasteiger partial charge in [0.1, 0.15) is 17.5 Å². The van der Waals surface area contributed by atoms with Crippen LogP contribution in [0.4, 0.5) is 10.5 Å². The zero-order chi connectivity index (χ0) is 24.4. The Bertz CT molecular complexity index is 1250. The summed E-state index contributed by atoms with van der Waals surface area (Å²) in [6, 6.07) is 4.94. The lowest BCUT2D eigenvalue weighted by molar-refractivity contribution is -0.135. The summed E-state index contributed by atoms with van der Waals surface area (Å²) >= 11 is 0. The standard InChI is InChI=1S/C24H29N5O5/c1-13-25-16-6-5-7-17(20(16)22(32)28(13)18-8-9-19(30)26-21(18)31)29-14-10-15(29)12-27(11-14)23(33)34-24(2,3)4/h5-7,14-15,18H,8-12H2,1-4H3,(H,26,30,31). The lowest BCUT2D eigenvalue weighted by Gasteiger charge is -2.57. The Kier molecular flexibility index (Phi) is 5.14.